The van der Waals surface area contributed by atoms with E-state index in [0.29, 0.717) is 19.6 Å². The Balaban J connectivity index is 4.01. The summed E-state index contributed by atoms with van der Waals surface area (Å²) in [7, 11) is -3.00. The number of nitrogens with zero attached hydrogens (tertiary/aromatic N) is 1. The SMILES string of the molecule is C=NC(=O)CCCP(=O)(OCC)OCC. The van der Waals surface area contributed by atoms with Gasteiger partial charge in [-0.2, -0.15) is 0 Å². The van der Waals surface area contributed by atoms with Crippen LogP contribution in [0.2, 0.25) is 0 Å². The highest BCUT2D eigenvalue weighted by Gasteiger charge is 2.22. The lowest BCUT2D eigenvalue weighted by Gasteiger charge is -2.16. The molecule has 0 bridgehead atoms. The third-order valence-electron chi connectivity index (χ3n) is 1.65. The lowest BCUT2D eigenvalue weighted by atomic mass is 10.3. The van der Waals surface area contributed by atoms with Gasteiger partial charge in [0.25, 0.3) is 0 Å². The number of aliphatic imine (C=N–C) groups is 1. The smallest absolute Gasteiger partial charge is 0.309 e. The molecule has 0 atom stereocenters. The molecule has 0 aromatic heterocycles. The van der Waals surface area contributed by atoms with Crippen molar-refractivity contribution >= 4 is 20.2 Å². The topological polar surface area (TPSA) is 65.0 Å². The highest BCUT2D eigenvalue weighted by Crippen LogP contribution is 2.48. The van der Waals surface area contributed by atoms with Gasteiger partial charge in [-0.1, -0.05) is 0 Å². The molecule has 15 heavy (non-hydrogen) atoms. The van der Waals surface area contributed by atoms with E-state index in [9.17, 15) is 9.36 Å². The van der Waals surface area contributed by atoms with E-state index in [1.807, 2.05) is 0 Å². The summed E-state index contributed by atoms with van der Waals surface area (Å²) in [5.74, 6) is -0.297. The molecule has 0 aliphatic heterocycles. The van der Waals surface area contributed by atoms with Crippen LogP contribution in [0.4, 0.5) is 0 Å². The van der Waals surface area contributed by atoms with Crippen molar-refractivity contribution in [1.29, 1.82) is 0 Å². The van der Waals surface area contributed by atoms with Gasteiger partial charge in [0.05, 0.1) is 19.4 Å². The lowest BCUT2D eigenvalue weighted by molar-refractivity contribution is -0.117. The molecule has 0 saturated heterocycles. The molecule has 0 saturated carbocycles. The van der Waals surface area contributed by atoms with Crippen LogP contribution < -0.4 is 0 Å². The van der Waals surface area contributed by atoms with Crippen molar-refractivity contribution < 1.29 is 18.4 Å². The standard InChI is InChI=1S/C9H18NO4P/c1-4-13-15(12,14-5-2)8-6-7-9(11)10-3/h3-8H2,1-2H3. The third kappa shape index (κ3) is 6.55. The van der Waals surface area contributed by atoms with E-state index >= 15 is 0 Å². The Hall–Kier alpha value is -0.510. The van der Waals surface area contributed by atoms with E-state index < -0.39 is 7.60 Å². The first-order valence-electron chi connectivity index (χ1n) is 4.95. The zero-order valence-corrected chi connectivity index (χ0v) is 10.2. The maximum absolute atomic E-state index is 11.9. The average Bonchev–Trinajstić information content (AvgIpc) is 2.18. The first-order valence-corrected chi connectivity index (χ1v) is 6.68. The van der Waals surface area contributed by atoms with Crippen LogP contribution in [0.15, 0.2) is 4.99 Å². The molecule has 0 spiro atoms. The summed E-state index contributed by atoms with van der Waals surface area (Å²) in [6, 6.07) is 0. The quantitative estimate of drug-likeness (QED) is 0.478. The van der Waals surface area contributed by atoms with Gasteiger partial charge in [0.15, 0.2) is 0 Å². The van der Waals surface area contributed by atoms with Crippen LogP contribution >= 0.6 is 7.60 Å². The molecule has 0 aliphatic carbocycles. The molecule has 88 valence electrons. The van der Waals surface area contributed by atoms with Crippen LogP contribution in [0.1, 0.15) is 26.7 Å². The summed E-state index contributed by atoms with van der Waals surface area (Å²) in [6.45, 7) is 7.30. The Bertz CT molecular complexity index is 244. The fourth-order valence-corrected chi connectivity index (χ4v) is 2.73. The predicted octanol–water partition coefficient (Wildman–Crippen LogP) is 2.26. The number of carbonyl (C=O) groups is 1. The molecule has 5 nitrogen and oxygen atoms in total. The summed E-state index contributed by atoms with van der Waals surface area (Å²) in [5, 5.41) is 0. The van der Waals surface area contributed by atoms with E-state index in [4.69, 9.17) is 9.05 Å². The molecule has 0 aromatic carbocycles. The molecular formula is C9H18NO4P. The maximum Gasteiger partial charge on any atom is 0.330 e. The van der Waals surface area contributed by atoms with Crippen LogP contribution in [0.25, 0.3) is 0 Å². The molecule has 6 heteroatoms. The minimum Gasteiger partial charge on any atom is -0.309 e. The number of hydrogen-bond donors (Lipinski definition) is 0. The number of hydrogen-bond acceptors (Lipinski definition) is 4. The van der Waals surface area contributed by atoms with Gasteiger partial charge in [0.1, 0.15) is 0 Å². The van der Waals surface area contributed by atoms with Crippen molar-refractivity contribution in [2.75, 3.05) is 19.4 Å². The fourth-order valence-electron chi connectivity index (χ4n) is 1.06. The van der Waals surface area contributed by atoms with Crippen molar-refractivity contribution in [2.24, 2.45) is 4.99 Å². The predicted molar refractivity (Wildman–Crippen MR) is 59.5 cm³/mol. The van der Waals surface area contributed by atoms with E-state index in [1.54, 1.807) is 13.8 Å². The number of carbonyl (C=O) groups excluding carboxylic acids is 1. The number of amides is 1. The Morgan fingerprint density at radius 3 is 2.27 bits per heavy atom. The third-order valence-corrected chi connectivity index (χ3v) is 3.82. The molecule has 0 N–H and O–H groups in total. The van der Waals surface area contributed by atoms with Gasteiger partial charge in [0, 0.05) is 6.42 Å². The maximum atomic E-state index is 11.9. The Morgan fingerprint density at radius 2 is 1.87 bits per heavy atom. The van der Waals surface area contributed by atoms with E-state index in [-0.39, 0.29) is 18.5 Å². The van der Waals surface area contributed by atoms with Gasteiger partial charge in [-0.05, 0) is 27.0 Å². The van der Waals surface area contributed by atoms with Gasteiger partial charge >= 0.3 is 7.60 Å². The van der Waals surface area contributed by atoms with Crippen LogP contribution in [-0.4, -0.2) is 32.0 Å². The van der Waals surface area contributed by atoms with Gasteiger partial charge in [-0.3, -0.25) is 9.36 Å². The molecule has 0 fully saturated rings. The second-order valence-electron chi connectivity index (χ2n) is 2.83. The van der Waals surface area contributed by atoms with Gasteiger partial charge in [-0.25, -0.2) is 4.99 Å². The van der Waals surface area contributed by atoms with Gasteiger partial charge in [0.2, 0.25) is 5.91 Å². The molecule has 0 aliphatic rings. The summed E-state index contributed by atoms with van der Waals surface area (Å²) in [6.07, 6.45) is 0.915. The first kappa shape index (κ1) is 14.5. The van der Waals surface area contributed by atoms with E-state index in [2.05, 4.69) is 11.7 Å². The summed E-state index contributed by atoms with van der Waals surface area (Å²) in [4.78, 5) is 14.1. The summed E-state index contributed by atoms with van der Waals surface area (Å²) >= 11 is 0. The molecule has 0 rings (SSSR count). The largest absolute Gasteiger partial charge is 0.330 e. The van der Waals surface area contributed by atoms with Gasteiger partial charge in [-0.15, -0.1) is 0 Å². The van der Waals surface area contributed by atoms with Crippen LogP contribution in [-0.2, 0) is 18.4 Å². The Kier molecular flexibility index (Phi) is 7.48. The summed E-state index contributed by atoms with van der Waals surface area (Å²) < 4.78 is 22.0. The minimum atomic E-state index is -3.00. The zero-order valence-electron chi connectivity index (χ0n) is 9.27. The van der Waals surface area contributed by atoms with Crippen molar-refractivity contribution in [3.63, 3.8) is 0 Å². The fraction of sp³-hybridized carbons (Fsp3) is 0.778. The highest BCUT2D eigenvalue weighted by atomic mass is 31.2. The lowest BCUT2D eigenvalue weighted by Crippen LogP contribution is -2.02. The van der Waals surface area contributed by atoms with Gasteiger partial charge < -0.3 is 9.05 Å². The Labute approximate surface area is 90.4 Å². The van der Waals surface area contributed by atoms with Crippen molar-refractivity contribution in [3.05, 3.63) is 0 Å². The van der Waals surface area contributed by atoms with E-state index in [1.165, 1.54) is 0 Å². The highest BCUT2D eigenvalue weighted by molar-refractivity contribution is 7.53. The van der Waals surface area contributed by atoms with Crippen LogP contribution in [0, 0.1) is 0 Å². The molecule has 0 radical (unpaired) electrons. The van der Waals surface area contributed by atoms with Crippen molar-refractivity contribution in [2.45, 2.75) is 26.7 Å². The second-order valence-corrected chi connectivity index (χ2v) is 5.01. The molecular weight excluding hydrogens is 217 g/mol. The summed E-state index contributed by atoms with van der Waals surface area (Å²) in [5.41, 5.74) is 0. The molecule has 0 unspecified atom stereocenters. The van der Waals surface area contributed by atoms with Crippen molar-refractivity contribution in [3.8, 4) is 0 Å². The monoisotopic (exact) mass is 235 g/mol. The second kappa shape index (κ2) is 7.74. The van der Waals surface area contributed by atoms with Crippen LogP contribution in [0.5, 0.6) is 0 Å². The van der Waals surface area contributed by atoms with Crippen molar-refractivity contribution in [1.82, 2.24) is 0 Å². The molecule has 0 heterocycles. The van der Waals surface area contributed by atoms with E-state index in [0.717, 1.165) is 0 Å². The number of rotatable bonds is 8. The Morgan fingerprint density at radius 1 is 1.33 bits per heavy atom. The average molecular weight is 235 g/mol. The normalized spacial score (nSPS) is 11.3. The minimum absolute atomic E-state index is 0.230. The molecule has 0 aromatic rings. The zero-order chi connectivity index (χ0) is 11.7. The first-order chi connectivity index (χ1) is 7.08. The molecule has 1 amide bonds. The van der Waals surface area contributed by atoms with Crippen LogP contribution in [0.3, 0.4) is 0 Å².